The summed E-state index contributed by atoms with van der Waals surface area (Å²) in [5, 5.41) is 6.99. The van der Waals surface area contributed by atoms with E-state index in [1.165, 1.54) is 44.2 Å². The first-order valence-electron chi connectivity index (χ1n) is 43.1. The normalized spacial score (nSPS) is 13.8. The molecule has 598 valence electrons. The van der Waals surface area contributed by atoms with E-state index in [1.807, 2.05) is 0 Å². The van der Waals surface area contributed by atoms with Crippen molar-refractivity contribution in [2.45, 2.75) is 157 Å². The molecule has 0 unspecified atom stereocenters. The van der Waals surface area contributed by atoms with E-state index in [0.717, 1.165) is 161 Å². The Morgan fingerprint density at radius 1 is 0.198 bits per heavy atom. The van der Waals surface area contributed by atoms with Gasteiger partial charge < -0.3 is 0 Å². The second-order valence-corrected chi connectivity index (χ2v) is 47.8. The molecule has 0 saturated heterocycles. The molecule has 18 aromatic rings. The van der Waals surface area contributed by atoms with Gasteiger partial charge in [-0.3, -0.25) is 0 Å². The van der Waals surface area contributed by atoms with Crippen LogP contribution >= 0.6 is 0 Å². The van der Waals surface area contributed by atoms with E-state index in [1.54, 1.807) is 0 Å². The molecule has 2 aliphatic rings. The molecule has 6 nitrogen and oxygen atoms in total. The van der Waals surface area contributed by atoms with E-state index in [-0.39, 0.29) is 32.5 Å². The Kier molecular flexibility index (Phi) is 17.8. The van der Waals surface area contributed by atoms with Crippen LogP contribution in [0.25, 0.3) is 127 Å². The van der Waals surface area contributed by atoms with Gasteiger partial charge in [-0.25, -0.2) is 0 Å². The van der Waals surface area contributed by atoms with Crippen LogP contribution in [-0.2, 0) is 35.5 Å². The van der Waals surface area contributed by atoms with Crippen molar-refractivity contribution in [3.8, 4) is 61.6 Å². The van der Waals surface area contributed by atoms with Crippen LogP contribution < -0.4 is 20.3 Å². The zero-order valence-electron chi connectivity index (χ0n) is 73.1. The van der Waals surface area contributed by atoms with Crippen molar-refractivity contribution in [3.05, 3.63) is 349 Å². The first kappa shape index (κ1) is 77.5. The van der Waals surface area contributed by atoms with E-state index in [4.69, 9.17) is 0 Å². The van der Waals surface area contributed by atoms with Gasteiger partial charge in [0.2, 0.25) is 0 Å². The zero-order valence-corrected chi connectivity index (χ0v) is 75.7. The number of nitrogens with zero attached hydrogens (tertiary/aromatic N) is 5. The fourth-order valence-corrected chi connectivity index (χ4v) is 28.4. The van der Waals surface area contributed by atoms with E-state index >= 15 is 3.02 Å². The van der Waals surface area contributed by atoms with Crippen LogP contribution in [0.5, 0.6) is 0 Å². The molecule has 15 aromatic carbocycles. The first-order valence-corrected chi connectivity index (χ1v) is 48.0. The summed E-state index contributed by atoms with van der Waals surface area (Å²) < 4.78 is 29.6. The third kappa shape index (κ3) is 12.9. The molecule has 0 atom stereocenters. The summed E-state index contributed by atoms with van der Waals surface area (Å²) in [5.41, 5.74) is 31.5. The van der Waals surface area contributed by atoms with Gasteiger partial charge in [-0.2, -0.15) is 0 Å². The number of rotatable bonds is 9. The molecule has 7 heteroatoms. The fourth-order valence-electron chi connectivity index (χ4n) is 19.1. The fraction of sp³-hybridized carbons (Fsp3) is 0.211. The van der Waals surface area contributed by atoms with Gasteiger partial charge >= 0.3 is 618 Å². The number of hydrogen-bond acceptors (Lipinski definition) is 3. The van der Waals surface area contributed by atoms with Crippen molar-refractivity contribution in [1.29, 1.82) is 0 Å². The van der Waals surface area contributed by atoms with Gasteiger partial charge in [0.25, 0.3) is 0 Å². The van der Waals surface area contributed by atoms with Gasteiger partial charge in [0, 0.05) is 0 Å². The average molecular weight is 1680 g/mol. The summed E-state index contributed by atoms with van der Waals surface area (Å²) in [4.78, 5) is 4.95. The monoisotopic (exact) mass is 1680 g/mol. The molecule has 3 aromatic heterocycles. The summed E-state index contributed by atoms with van der Waals surface area (Å²) in [7, 11) is 0. The van der Waals surface area contributed by atoms with Crippen LogP contribution in [-0.4, -0.2) is 32.5 Å². The molecule has 0 spiro atoms. The standard InChI is InChI=1S/C114H106N5.O.Sb/c1-109(2,3)82-47-35-74(36-48-82)78-43-57-97-98-58-44-79(75-37-49-83(50-38-75)110(4,5)6)64-104(98)117(103(97)63-78)92-33-25-31-90(69-92)115(88-27-21-19-22-28-88)94-71-95(73-96(72-94)119-107-67-86(113(13,14)15)55-61-101(107)102-62-56-87(68-108(102)119)114(16,17)18)116(89-29-23-20-24-30-89)91-32-26-34-93(70-91)118-105-65-80(76-39-51-84(52-40-76)111(7,8)9)45-59-99(105)100-60-46-81(66-106(100)118)77-41-53-85(54-42-77)112(10,11)12;;/h19-30,33-70,72-73H,1-18H3;;. The molecular weight excluding hydrogens is 1580 g/mol. The van der Waals surface area contributed by atoms with Gasteiger partial charge in [0.15, 0.2) is 0 Å². The molecule has 0 fully saturated rings. The van der Waals surface area contributed by atoms with Crippen molar-refractivity contribution in [2.24, 2.45) is 0 Å². The second-order valence-electron chi connectivity index (χ2n) is 40.3. The molecule has 0 radical (unpaired) electrons. The zero-order chi connectivity index (χ0) is 84.1. The molecule has 0 aliphatic carbocycles. The van der Waals surface area contributed by atoms with Gasteiger partial charge in [0.1, 0.15) is 0 Å². The third-order valence-electron chi connectivity index (χ3n) is 26.1. The number of hydrogen-bond donors (Lipinski definition) is 0. The molecule has 20 rings (SSSR count). The molecule has 0 N–H and O–H groups in total. The summed E-state index contributed by atoms with van der Waals surface area (Å²) >= 11 is -5.64. The van der Waals surface area contributed by atoms with Crippen LogP contribution in [0.2, 0.25) is 0 Å². The van der Waals surface area contributed by atoms with Crippen LogP contribution in [0.3, 0.4) is 0 Å². The summed E-state index contributed by atoms with van der Waals surface area (Å²) in [6, 6.07) is 120. The third-order valence-corrected chi connectivity index (χ3v) is 35.2. The Hall–Kier alpha value is -12.1. The molecular formula is C114H106N5OSb. The Morgan fingerprint density at radius 2 is 0.430 bits per heavy atom. The Bertz CT molecular complexity index is 6640. The quantitative estimate of drug-likeness (QED) is 0.135. The van der Waals surface area contributed by atoms with Gasteiger partial charge in [-0.15, -0.1) is 0 Å². The summed E-state index contributed by atoms with van der Waals surface area (Å²) in [6.45, 7) is 41.3. The van der Waals surface area contributed by atoms with E-state index < -0.39 is 18.8 Å². The van der Waals surface area contributed by atoms with E-state index in [9.17, 15) is 0 Å². The van der Waals surface area contributed by atoms with Crippen molar-refractivity contribution in [3.63, 3.8) is 0 Å². The predicted molar refractivity (Wildman–Crippen MR) is 518 cm³/mol. The van der Waals surface area contributed by atoms with Crippen molar-refractivity contribution >= 4 is 129 Å². The topological polar surface area (TPSA) is 38.3 Å². The number of fused-ring (bicyclic) bond motifs is 13. The number of benzene rings is 15. The Labute approximate surface area is 717 Å². The van der Waals surface area contributed by atoms with Gasteiger partial charge in [0.05, 0.1) is 0 Å². The second kappa shape index (κ2) is 27.7. The van der Waals surface area contributed by atoms with Crippen molar-refractivity contribution < 1.29 is 3.02 Å². The first-order chi connectivity index (χ1) is 57.6. The SMILES string of the molecule is CC(C)(C)c1ccc(-c2ccc3c4ccc(-c5ccc(C(C)(C)C)cc5)cc4n(-c4cc[c]5c(c4)N(c4ccccc4)c4cc(-n6c7cc(C(C)(C)C)ccc7c7ccc(C(C)(C)C)cc76)cc6[c]4[Sb]5(=[O])[c]4ccc(-n5c7cc(-c8ccc(C(C)(C)C)cc8)ccc7c7ccc(-c8ccc(C(C)(C)C)cc8)cc75)cc4N6c4ccccc4)c3c2)cc1. The molecule has 5 heterocycles. The number of anilines is 6. The number of para-hydroxylation sites is 2. The molecule has 0 amide bonds. The minimum atomic E-state index is -5.64. The maximum atomic E-state index is 19.4. The van der Waals surface area contributed by atoms with E-state index in [2.05, 4.69) is 464 Å². The molecule has 0 saturated carbocycles. The van der Waals surface area contributed by atoms with Crippen LogP contribution in [0.1, 0.15) is 158 Å². The van der Waals surface area contributed by atoms with Crippen molar-refractivity contribution in [2.75, 3.05) is 9.80 Å². The predicted octanol–water partition coefficient (Wildman–Crippen LogP) is 29.4. The number of aromatic nitrogens is 3. The van der Waals surface area contributed by atoms with Gasteiger partial charge in [-0.05, 0) is 21.7 Å². The Balaban J connectivity index is 0.896. The van der Waals surface area contributed by atoms with Crippen LogP contribution in [0.15, 0.2) is 315 Å². The maximum absolute atomic E-state index is 19.4. The average Bonchev–Trinajstić information content (AvgIpc) is 1.03. The van der Waals surface area contributed by atoms with Crippen LogP contribution in [0, 0.1) is 0 Å². The molecule has 0 bridgehead atoms. The van der Waals surface area contributed by atoms with Crippen LogP contribution in [0.4, 0.5) is 34.1 Å². The van der Waals surface area contributed by atoms with E-state index in [0.29, 0.717) is 0 Å². The Morgan fingerprint density at radius 3 is 0.702 bits per heavy atom. The summed E-state index contributed by atoms with van der Waals surface area (Å²) in [5.74, 6) is 0. The molecule has 121 heavy (non-hydrogen) atoms. The van der Waals surface area contributed by atoms with Gasteiger partial charge in [-0.1, -0.05) is 83.1 Å². The molecule has 2 aliphatic heterocycles. The van der Waals surface area contributed by atoms with Crippen molar-refractivity contribution in [1.82, 2.24) is 13.7 Å². The summed E-state index contributed by atoms with van der Waals surface area (Å²) in [6.07, 6.45) is 0. The minimum absolute atomic E-state index is 0.00159.